The molecule has 0 aromatic carbocycles. The average molecular weight is 298 g/mol. The Morgan fingerprint density at radius 2 is 2.10 bits per heavy atom. The molecule has 2 aliphatic rings. The number of hydrogen-bond donors (Lipinski definition) is 1. The van der Waals surface area contributed by atoms with Crippen molar-refractivity contribution >= 4 is 17.5 Å². The van der Waals surface area contributed by atoms with Gasteiger partial charge in [-0.1, -0.05) is 12.8 Å². The highest BCUT2D eigenvalue weighted by atomic mass is 35.5. The molecule has 1 N–H and O–H groups in total. The summed E-state index contributed by atoms with van der Waals surface area (Å²) in [6.07, 6.45) is 7.24. The van der Waals surface area contributed by atoms with E-state index >= 15 is 0 Å². The largest absolute Gasteiger partial charge is 0.452 e. The van der Waals surface area contributed by atoms with E-state index < -0.39 is 0 Å². The number of rotatable bonds is 2. The molecule has 3 atom stereocenters. The molecule has 0 spiro atoms. The fourth-order valence-electron chi connectivity index (χ4n) is 3.68. The van der Waals surface area contributed by atoms with Gasteiger partial charge in [0.2, 0.25) is 5.22 Å². The lowest BCUT2D eigenvalue weighted by Gasteiger charge is -2.37. The van der Waals surface area contributed by atoms with Gasteiger partial charge in [-0.3, -0.25) is 4.79 Å². The topological polar surface area (TPSA) is 53.7 Å². The molecule has 1 aliphatic carbocycles. The van der Waals surface area contributed by atoms with Gasteiger partial charge >= 0.3 is 0 Å². The number of carbonyl (C=O) groups excluding carboxylic acids is 1. The van der Waals surface area contributed by atoms with Crippen molar-refractivity contribution in [2.24, 2.45) is 5.92 Å². The van der Waals surface area contributed by atoms with E-state index in [9.17, 15) is 9.90 Å². The van der Waals surface area contributed by atoms with Gasteiger partial charge in [-0.05, 0) is 43.4 Å². The van der Waals surface area contributed by atoms with Crippen LogP contribution in [0.25, 0.3) is 0 Å². The Morgan fingerprint density at radius 3 is 2.80 bits per heavy atom. The number of halogens is 1. The fourth-order valence-corrected chi connectivity index (χ4v) is 3.87. The van der Waals surface area contributed by atoms with Crippen LogP contribution in [0.15, 0.2) is 16.7 Å². The highest BCUT2D eigenvalue weighted by Crippen LogP contribution is 2.35. The molecule has 4 nitrogen and oxygen atoms in total. The molecule has 20 heavy (non-hydrogen) atoms. The first-order chi connectivity index (χ1) is 9.68. The van der Waals surface area contributed by atoms with Gasteiger partial charge in [0.05, 0.1) is 17.9 Å². The Kier molecular flexibility index (Phi) is 4.03. The predicted octanol–water partition coefficient (Wildman–Crippen LogP) is 3.09. The highest BCUT2D eigenvalue weighted by Gasteiger charge is 2.39. The average Bonchev–Trinajstić information content (AvgIpc) is 3.07. The van der Waals surface area contributed by atoms with Gasteiger partial charge in [0.25, 0.3) is 5.91 Å². The van der Waals surface area contributed by atoms with E-state index in [1.807, 2.05) is 4.90 Å². The summed E-state index contributed by atoms with van der Waals surface area (Å²) >= 11 is 5.91. The Hall–Kier alpha value is -1.00. The molecule has 1 aromatic heterocycles. The summed E-state index contributed by atoms with van der Waals surface area (Å²) in [4.78, 5) is 14.5. The van der Waals surface area contributed by atoms with Crippen molar-refractivity contribution in [2.45, 2.75) is 50.7 Å². The second-order valence-corrected chi connectivity index (χ2v) is 6.18. The van der Waals surface area contributed by atoms with Gasteiger partial charge in [-0.25, -0.2) is 0 Å². The first-order valence-corrected chi connectivity index (χ1v) is 7.78. The van der Waals surface area contributed by atoms with E-state index in [1.54, 1.807) is 6.07 Å². The SMILES string of the molecule is O=C(c1ccoc1Cl)N1CCC[C@@H]1[C@H]1CCCC[C@H]1O. The maximum Gasteiger partial charge on any atom is 0.258 e. The van der Waals surface area contributed by atoms with Crippen LogP contribution in [0, 0.1) is 5.92 Å². The fraction of sp³-hybridized carbons (Fsp3) is 0.667. The lowest BCUT2D eigenvalue weighted by Crippen LogP contribution is -2.45. The lowest BCUT2D eigenvalue weighted by atomic mass is 9.80. The first kappa shape index (κ1) is 14.0. The van der Waals surface area contributed by atoms with Gasteiger partial charge in [-0.15, -0.1) is 0 Å². The molecule has 3 rings (SSSR count). The third-order valence-electron chi connectivity index (χ3n) is 4.68. The molecule has 1 aromatic rings. The number of amides is 1. The maximum atomic E-state index is 12.6. The van der Waals surface area contributed by atoms with E-state index in [0.29, 0.717) is 5.56 Å². The van der Waals surface area contributed by atoms with Crippen molar-refractivity contribution in [3.05, 3.63) is 23.1 Å². The van der Waals surface area contributed by atoms with Crippen molar-refractivity contribution in [1.82, 2.24) is 4.90 Å². The summed E-state index contributed by atoms with van der Waals surface area (Å²) < 4.78 is 5.02. The van der Waals surface area contributed by atoms with Crippen molar-refractivity contribution < 1.29 is 14.3 Å². The quantitative estimate of drug-likeness (QED) is 0.912. The second kappa shape index (κ2) is 5.78. The number of carbonyl (C=O) groups is 1. The monoisotopic (exact) mass is 297 g/mol. The van der Waals surface area contributed by atoms with Crippen LogP contribution >= 0.6 is 11.6 Å². The van der Waals surface area contributed by atoms with Crippen LogP contribution in [0.5, 0.6) is 0 Å². The minimum Gasteiger partial charge on any atom is -0.452 e. The van der Waals surface area contributed by atoms with Gasteiger partial charge in [0.1, 0.15) is 0 Å². The molecule has 1 saturated heterocycles. The molecule has 1 aliphatic heterocycles. The summed E-state index contributed by atoms with van der Waals surface area (Å²) in [6, 6.07) is 1.76. The molecule has 2 fully saturated rings. The molecule has 0 radical (unpaired) electrons. The Labute approximate surface area is 123 Å². The van der Waals surface area contributed by atoms with E-state index in [4.69, 9.17) is 16.0 Å². The summed E-state index contributed by atoms with van der Waals surface area (Å²) in [5, 5.41) is 10.4. The minimum atomic E-state index is -0.276. The third kappa shape index (κ3) is 2.47. The lowest BCUT2D eigenvalue weighted by molar-refractivity contribution is 0.0211. The first-order valence-electron chi connectivity index (χ1n) is 7.40. The number of furan rings is 1. The number of aliphatic hydroxyl groups is 1. The maximum absolute atomic E-state index is 12.6. The highest BCUT2D eigenvalue weighted by molar-refractivity contribution is 6.32. The summed E-state index contributed by atoms with van der Waals surface area (Å²) in [6.45, 7) is 0.744. The minimum absolute atomic E-state index is 0.0657. The number of likely N-dealkylation sites (tertiary alicyclic amines) is 1. The number of aliphatic hydroxyl groups excluding tert-OH is 1. The summed E-state index contributed by atoms with van der Waals surface area (Å²) in [5.41, 5.74) is 0.434. The van der Waals surface area contributed by atoms with E-state index in [2.05, 4.69) is 0 Å². The zero-order valence-electron chi connectivity index (χ0n) is 11.4. The second-order valence-electron chi connectivity index (χ2n) is 5.83. The summed E-state index contributed by atoms with van der Waals surface area (Å²) in [7, 11) is 0. The van der Waals surface area contributed by atoms with Crippen LogP contribution in [0.1, 0.15) is 48.9 Å². The molecule has 5 heteroatoms. The molecule has 1 saturated carbocycles. The van der Waals surface area contributed by atoms with Crippen LogP contribution in [0.4, 0.5) is 0 Å². The third-order valence-corrected chi connectivity index (χ3v) is 4.98. The Bertz CT molecular complexity index is 487. The van der Waals surface area contributed by atoms with Gasteiger partial charge in [-0.2, -0.15) is 0 Å². The number of nitrogens with zero attached hydrogens (tertiary/aromatic N) is 1. The zero-order valence-corrected chi connectivity index (χ0v) is 12.2. The van der Waals surface area contributed by atoms with Crippen LogP contribution in [-0.2, 0) is 0 Å². The van der Waals surface area contributed by atoms with Crippen LogP contribution in [-0.4, -0.2) is 34.6 Å². The van der Waals surface area contributed by atoms with Crippen molar-refractivity contribution in [1.29, 1.82) is 0 Å². The van der Waals surface area contributed by atoms with Crippen molar-refractivity contribution in [2.75, 3.05) is 6.54 Å². The predicted molar refractivity (Wildman–Crippen MR) is 75.7 cm³/mol. The van der Waals surface area contributed by atoms with Crippen LogP contribution < -0.4 is 0 Å². The van der Waals surface area contributed by atoms with E-state index in [-0.39, 0.29) is 29.2 Å². The number of hydrogen-bond acceptors (Lipinski definition) is 3. The summed E-state index contributed by atoms with van der Waals surface area (Å²) in [5.74, 6) is 0.143. The standard InChI is InChI=1S/C15H20ClNO3/c16-14-11(7-9-20-14)15(19)17-8-3-5-12(17)10-4-1-2-6-13(10)18/h7,9-10,12-13,18H,1-6,8H2/t10-,12-,13-/m1/s1. The van der Waals surface area contributed by atoms with E-state index in [0.717, 1.165) is 45.1 Å². The van der Waals surface area contributed by atoms with Crippen molar-refractivity contribution in [3.63, 3.8) is 0 Å². The van der Waals surface area contributed by atoms with Crippen LogP contribution in [0.3, 0.4) is 0 Å². The molecule has 1 amide bonds. The Balaban J connectivity index is 1.78. The van der Waals surface area contributed by atoms with E-state index in [1.165, 1.54) is 6.26 Å². The van der Waals surface area contributed by atoms with Gasteiger partial charge in [0.15, 0.2) is 0 Å². The molecule has 0 unspecified atom stereocenters. The smallest absolute Gasteiger partial charge is 0.258 e. The van der Waals surface area contributed by atoms with Crippen LogP contribution in [0.2, 0.25) is 5.22 Å². The molecular weight excluding hydrogens is 278 g/mol. The van der Waals surface area contributed by atoms with Crippen molar-refractivity contribution in [3.8, 4) is 0 Å². The molecule has 0 bridgehead atoms. The molecule has 110 valence electrons. The zero-order chi connectivity index (χ0) is 14.1. The van der Waals surface area contributed by atoms with Gasteiger partial charge in [0, 0.05) is 18.5 Å². The normalized spacial score (nSPS) is 30.7. The molecular formula is C15H20ClNO3. The van der Waals surface area contributed by atoms with Gasteiger partial charge < -0.3 is 14.4 Å². The Morgan fingerprint density at radius 1 is 1.30 bits per heavy atom. The molecule has 2 heterocycles.